The van der Waals surface area contributed by atoms with Crippen LogP contribution < -0.4 is 15.4 Å². The predicted octanol–water partition coefficient (Wildman–Crippen LogP) is 6.30. The molecule has 0 heterocycles. The van der Waals surface area contributed by atoms with Gasteiger partial charge in [0.15, 0.2) is 6.10 Å². The van der Waals surface area contributed by atoms with E-state index in [9.17, 15) is 9.59 Å². The highest BCUT2D eigenvalue weighted by molar-refractivity contribution is 6.32. The monoisotopic (exact) mass is 450 g/mol. The highest BCUT2D eigenvalue weighted by atomic mass is 35.5. The van der Waals surface area contributed by atoms with Crippen LogP contribution >= 0.6 is 11.6 Å². The van der Waals surface area contributed by atoms with Gasteiger partial charge in [-0.05, 0) is 60.4 Å². The molecule has 0 aliphatic carbocycles. The maximum absolute atomic E-state index is 12.6. The number of carbonyl (C=O) groups excluding carboxylic acids is 2. The summed E-state index contributed by atoms with van der Waals surface area (Å²) in [6.45, 7) is 8.03. The predicted molar refractivity (Wildman–Crippen MR) is 130 cm³/mol. The van der Waals surface area contributed by atoms with Gasteiger partial charge >= 0.3 is 0 Å². The zero-order chi connectivity index (χ0) is 23.3. The number of ether oxygens (including phenoxy) is 1. The second kappa shape index (κ2) is 9.88. The molecule has 0 aliphatic heterocycles. The largest absolute Gasteiger partial charge is 0.479 e. The standard InChI is InChI=1S/C26H27ClN2O3/c1-17(32-23-11-6-5-10-22(23)27)24(30)28-20-8-7-9-21(16-20)29-25(31)18-12-14-19(15-13-18)26(2,3)4/h5-17H,1-4H3,(H,28,30)(H,29,31)/t17-/m0/s1. The minimum atomic E-state index is -0.755. The molecule has 2 N–H and O–H groups in total. The van der Waals surface area contributed by atoms with Gasteiger partial charge in [0.25, 0.3) is 11.8 Å². The minimum absolute atomic E-state index is 0.0221. The molecule has 0 unspecified atom stereocenters. The van der Waals surface area contributed by atoms with Gasteiger partial charge in [-0.2, -0.15) is 0 Å². The van der Waals surface area contributed by atoms with E-state index < -0.39 is 6.10 Å². The van der Waals surface area contributed by atoms with Crippen molar-refractivity contribution in [3.05, 3.63) is 88.9 Å². The molecular formula is C26H27ClN2O3. The normalized spacial score (nSPS) is 12.0. The van der Waals surface area contributed by atoms with Crippen LogP contribution in [0.4, 0.5) is 11.4 Å². The molecule has 0 aromatic heterocycles. The van der Waals surface area contributed by atoms with Crippen molar-refractivity contribution in [1.29, 1.82) is 0 Å². The maximum atomic E-state index is 12.6. The molecular weight excluding hydrogens is 424 g/mol. The van der Waals surface area contributed by atoms with Crippen molar-refractivity contribution in [2.75, 3.05) is 10.6 Å². The summed E-state index contributed by atoms with van der Waals surface area (Å²) in [5, 5.41) is 6.11. The third kappa shape index (κ3) is 6.11. The number of para-hydroxylation sites is 1. The third-order valence-corrected chi connectivity index (χ3v) is 5.22. The van der Waals surface area contributed by atoms with Crippen LogP contribution in [0.3, 0.4) is 0 Å². The molecule has 0 radical (unpaired) electrons. The molecule has 1 atom stereocenters. The fourth-order valence-corrected chi connectivity index (χ4v) is 3.21. The van der Waals surface area contributed by atoms with Gasteiger partial charge < -0.3 is 15.4 Å². The van der Waals surface area contributed by atoms with Crippen molar-refractivity contribution < 1.29 is 14.3 Å². The quantitative estimate of drug-likeness (QED) is 0.463. The number of hydrogen-bond acceptors (Lipinski definition) is 3. The second-order valence-electron chi connectivity index (χ2n) is 8.54. The Bertz CT molecular complexity index is 1100. The van der Waals surface area contributed by atoms with Crippen LogP contribution in [0, 0.1) is 0 Å². The van der Waals surface area contributed by atoms with Crippen molar-refractivity contribution in [1.82, 2.24) is 0 Å². The average molecular weight is 451 g/mol. The van der Waals surface area contributed by atoms with Crippen molar-refractivity contribution >= 4 is 34.8 Å². The van der Waals surface area contributed by atoms with E-state index in [1.807, 2.05) is 24.3 Å². The summed E-state index contributed by atoms with van der Waals surface area (Å²) in [7, 11) is 0. The summed E-state index contributed by atoms with van der Waals surface area (Å²) in [4.78, 5) is 25.2. The smallest absolute Gasteiger partial charge is 0.265 e. The minimum Gasteiger partial charge on any atom is -0.479 e. The summed E-state index contributed by atoms with van der Waals surface area (Å²) >= 11 is 6.09. The molecule has 2 amide bonds. The summed E-state index contributed by atoms with van der Waals surface area (Å²) in [6.07, 6.45) is -0.755. The van der Waals surface area contributed by atoms with Crippen molar-refractivity contribution in [2.24, 2.45) is 0 Å². The fraction of sp³-hybridized carbons (Fsp3) is 0.231. The van der Waals surface area contributed by atoms with Crippen molar-refractivity contribution in [2.45, 2.75) is 39.2 Å². The second-order valence-corrected chi connectivity index (χ2v) is 8.95. The number of carbonyl (C=O) groups is 2. The summed E-state index contributed by atoms with van der Waals surface area (Å²) in [5.41, 5.74) is 2.87. The van der Waals surface area contributed by atoms with Crippen molar-refractivity contribution in [3.8, 4) is 5.75 Å². The Kier molecular flexibility index (Phi) is 7.21. The van der Waals surface area contributed by atoms with E-state index in [1.54, 1.807) is 55.5 Å². The number of benzene rings is 3. The molecule has 0 bridgehead atoms. The zero-order valence-corrected chi connectivity index (χ0v) is 19.4. The Labute approximate surface area is 193 Å². The Hall–Kier alpha value is -3.31. The van der Waals surface area contributed by atoms with E-state index in [0.717, 1.165) is 5.56 Å². The fourth-order valence-electron chi connectivity index (χ4n) is 3.03. The van der Waals surface area contributed by atoms with Gasteiger partial charge in [0.1, 0.15) is 5.75 Å². The van der Waals surface area contributed by atoms with E-state index in [1.165, 1.54) is 0 Å². The number of amides is 2. The van der Waals surface area contributed by atoms with Crippen LogP contribution in [0.2, 0.25) is 5.02 Å². The van der Waals surface area contributed by atoms with Gasteiger partial charge in [0.05, 0.1) is 5.02 Å². The Morgan fingerprint density at radius 3 is 2.12 bits per heavy atom. The molecule has 0 spiro atoms. The van der Waals surface area contributed by atoms with Crippen LogP contribution in [0.5, 0.6) is 5.75 Å². The van der Waals surface area contributed by atoms with Crippen LogP contribution in [-0.4, -0.2) is 17.9 Å². The van der Waals surface area contributed by atoms with Crippen molar-refractivity contribution in [3.63, 3.8) is 0 Å². The van der Waals surface area contributed by atoms with Crippen LogP contribution in [-0.2, 0) is 10.2 Å². The van der Waals surface area contributed by atoms with E-state index in [0.29, 0.717) is 27.7 Å². The van der Waals surface area contributed by atoms with E-state index in [2.05, 4.69) is 31.4 Å². The lowest BCUT2D eigenvalue weighted by Gasteiger charge is -2.19. The molecule has 3 rings (SSSR count). The molecule has 6 heteroatoms. The van der Waals surface area contributed by atoms with Gasteiger partial charge in [-0.15, -0.1) is 0 Å². The van der Waals surface area contributed by atoms with E-state index in [-0.39, 0.29) is 17.2 Å². The Morgan fingerprint density at radius 1 is 0.875 bits per heavy atom. The highest BCUT2D eigenvalue weighted by Gasteiger charge is 2.17. The van der Waals surface area contributed by atoms with Gasteiger partial charge in [0.2, 0.25) is 0 Å². The zero-order valence-electron chi connectivity index (χ0n) is 18.6. The lowest BCUT2D eigenvalue weighted by atomic mass is 9.87. The van der Waals surface area contributed by atoms with E-state index in [4.69, 9.17) is 16.3 Å². The first-order valence-corrected chi connectivity index (χ1v) is 10.8. The van der Waals surface area contributed by atoms with Gasteiger partial charge in [0, 0.05) is 16.9 Å². The van der Waals surface area contributed by atoms with E-state index >= 15 is 0 Å². The molecule has 3 aromatic rings. The highest BCUT2D eigenvalue weighted by Crippen LogP contribution is 2.25. The first-order chi connectivity index (χ1) is 15.1. The van der Waals surface area contributed by atoms with Crippen LogP contribution in [0.1, 0.15) is 43.6 Å². The topological polar surface area (TPSA) is 67.4 Å². The number of halogens is 1. The number of nitrogens with one attached hydrogen (secondary N) is 2. The van der Waals surface area contributed by atoms with Gasteiger partial charge in [-0.3, -0.25) is 9.59 Å². The number of hydrogen-bond donors (Lipinski definition) is 2. The average Bonchev–Trinajstić information content (AvgIpc) is 2.75. The SMILES string of the molecule is C[C@H](Oc1ccccc1Cl)C(=O)Nc1cccc(NC(=O)c2ccc(C(C)(C)C)cc2)c1. The lowest BCUT2D eigenvalue weighted by molar-refractivity contribution is -0.122. The summed E-state index contributed by atoms with van der Waals surface area (Å²) < 4.78 is 5.65. The Morgan fingerprint density at radius 2 is 1.50 bits per heavy atom. The lowest BCUT2D eigenvalue weighted by Crippen LogP contribution is -2.30. The third-order valence-electron chi connectivity index (χ3n) is 4.91. The summed E-state index contributed by atoms with van der Waals surface area (Å²) in [5.74, 6) is -0.106. The maximum Gasteiger partial charge on any atom is 0.265 e. The molecule has 3 aromatic carbocycles. The molecule has 166 valence electrons. The molecule has 0 aliphatic rings. The first-order valence-electron chi connectivity index (χ1n) is 10.4. The molecule has 5 nitrogen and oxygen atoms in total. The first kappa shape index (κ1) is 23.4. The van der Waals surface area contributed by atoms with Gasteiger partial charge in [-0.25, -0.2) is 0 Å². The van der Waals surface area contributed by atoms with Gasteiger partial charge in [-0.1, -0.05) is 62.7 Å². The number of rotatable bonds is 6. The molecule has 32 heavy (non-hydrogen) atoms. The number of anilines is 2. The molecule has 0 fully saturated rings. The Balaban J connectivity index is 1.63. The summed E-state index contributed by atoms with van der Waals surface area (Å²) in [6, 6.07) is 21.5. The van der Waals surface area contributed by atoms with Crippen LogP contribution in [0.25, 0.3) is 0 Å². The molecule has 0 saturated heterocycles. The van der Waals surface area contributed by atoms with Crippen LogP contribution in [0.15, 0.2) is 72.8 Å². The molecule has 0 saturated carbocycles.